The fourth-order valence-corrected chi connectivity index (χ4v) is 0.886. The second-order valence-corrected chi connectivity index (χ2v) is 4.29. The van der Waals surface area contributed by atoms with Gasteiger partial charge in [0, 0.05) is 16.8 Å². The van der Waals surface area contributed by atoms with Crippen molar-refractivity contribution in [3.8, 4) is 0 Å². The summed E-state index contributed by atoms with van der Waals surface area (Å²) in [5.41, 5.74) is 0. The van der Waals surface area contributed by atoms with Crippen molar-refractivity contribution in [1.29, 1.82) is 0 Å². The molecule has 0 aliphatic rings. The molecule has 0 amide bonds. The summed E-state index contributed by atoms with van der Waals surface area (Å²) >= 11 is 0. The summed E-state index contributed by atoms with van der Waals surface area (Å²) in [6.07, 6.45) is 0. The summed E-state index contributed by atoms with van der Waals surface area (Å²) < 4.78 is 0. The van der Waals surface area contributed by atoms with Gasteiger partial charge < -0.3 is 4.90 Å². The van der Waals surface area contributed by atoms with Crippen molar-refractivity contribution in [2.75, 3.05) is 20.6 Å². The normalized spacial score (nSPS) is 14.2. The molecule has 1 nitrogen and oxygen atoms in total. The molecule has 0 fully saturated rings. The third kappa shape index (κ3) is 4.42. The molecule has 9 heavy (non-hydrogen) atoms. The Morgan fingerprint density at radius 1 is 1.67 bits per heavy atom. The molecular formula is C7H17NSi. The van der Waals surface area contributed by atoms with Gasteiger partial charge in [-0.1, -0.05) is 12.1 Å². The first-order valence-electron chi connectivity index (χ1n) is 3.34. The van der Waals surface area contributed by atoms with E-state index in [1.807, 2.05) is 0 Å². The molecule has 2 heteroatoms. The Hall–Kier alpha value is -0.0831. The van der Waals surface area contributed by atoms with E-state index in [0.717, 1.165) is 16.8 Å². The highest BCUT2D eigenvalue weighted by atomic mass is 28.1. The van der Waals surface area contributed by atoms with E-state index >= 15 is 0 Å². The molecule has 0 aromatic rings. The summed E-state index contributed by atoms with van der Waals surface area (Å²) in [4.78, 5) is 2.20. The van der Waals surface area contributed by atoms with Crippen LogP contribution in [-0.4, -0.2) is 35.8 Å². The highest BCUT2D eigenvalue weighted by Crippen LogP contribution is 2.03. The quantitative estimate of drug-likeness (QED) is 0.505. The Labute approximate surface area is 61.2 Å². The van der Waals surface area contributed by atoms with Crippen LogP contribution in [0.5, 0.6) is 0 Å². The molecule has 0 rings (SSSR count). The molecule has 0 aromatic heterocycles. The highest BCUT2D eigenvalue weighted by Gasteiger charge is 2.01. The largest absolute Gasteiger partial charge is 0.309 e. The lowest BCUT2D eigenvalue weighted by atomic mass is 10.2. The van der Waals surface area contributed by atoms with E-state index in [0.29, 0.717) is 5.92 Å². The topological polar surface area (TPSA) is 3.24 Å². The molecule has 0 aliphatic carbocycles. The summed E-state index contributed by atoms with van der Waals surface area (Å²) in [7, 11) is 5.33. The minimum Gasteiger partial charge on any atom is -0.309 e. The Kier molecular flexibility index (Phi) is 3.82. The SMILES string of the molecule is C=C([SiH3])C(C)CN(C)C. The van der Waals surface area contributed by atoms with Crippen LogP contribution in [0.25, 0.3) is 0 Å². The molecule has 1 unspecified atom stereocenters. The second kappa shape index (κ2) is 3.85. The number of nitrogens with zero attached hydrogens (tertiary/aromatic N) is 1. The Morgan fingerprint density at radius 2 is 2.11 bits per heavy atom. The summed E-state index contributed by atoms with van der Waals surface area (Å²) in [5, 5.41) is 1.41. The van der Waals surface area contributed by atoms with Crippen molar-refractivity contribution in [1.82, 2.24) is 4.90 Å². The molecule has 0 radical (unpaired) electrons. The van der Waals surface area contributed by atoms with Crippen LogP contribution < -0.4 is 0 Å². The maximum Gasteiger partial charge on any atom is 0.0329 e. The van der Waals surface area contributed by atoms with Crippen LogP contribution in [0.1, 0.15) is 6.92 Å². The molecule has 0 heterocycles. The van der Waals surface area contributed by atoms with E-state index in [4.69, 9.17) is 0 Å². The predicted octanol–water partition coefficient (Wildman–Crippen LogP) is 0.0632. The molecule has 0 N–H and O–H groups in total. The highest BCUT2D eigenvalue weighted by molar-refractivity contribution is 6.21. The standard InChI is InChI=1S/C7H17NSi/c1-6(7(2)9)5-8(3)4/h6H,2,5H2,1,3-4,9H3. The first kappa shape index (κ1) is 8.92. The zero-order chi connectivity index (χ0) is 7.44. The van der Waals surface area contributed by atoms with Crippen LogP contribution >= 0.6 is 0 Å². The lowest BCUT2D eigenvalue weighted by Crippen LogP contribution is -2.20. The average Bonchev–Trinajstić information content (AvgIpc) is 1.63. The van der Waals surface area contributed by atoms with E-state index < -0.39 is 0 Å². The third-order valence-electron chi connectivity index (χ3n) is 1.48. The molecule has 0 aromatic carbocycles. The fourth-order valence-electron chi connectivity index (χ4n) is 0.704. The van der Waals surface area contributed by atoms with Gasteiger partial charge in [-0.15, -0.1) is 6.58 Å². The lowest BCUT2D eigenvalue weighted by molar-refractivity contribution is 0.368. The third-order valence-corrected chi connectivity index (χ3v) is 2.47. The molecule has 0 saturated carbocycles. The van der Waals surface area contributed by atoms with Gasteiger partial charge in [0.15, 0.2) is 0 Å². The van der Waals surface area contributed by atoms with E-state index in [-0.39, 0.29) is 0 Å². The van der Waals surface area contributed by atoms with Crippen molar-refractivity contribution in [3.63, 3.8) is 0 Å². The number of hydrogen-bond acceptors (Lipinski definition) is 1. The summed E-state index contributed by atoms with van der Waals surface area (Å²) in [5.74, 6) is 0.687. The van der Waals surface area contributed by atoms with E-state index in [2.05, 4.69) is 32.5 Å². The van der Waals surface area contributed by atoms with E-state index in [1.165, 1.54) is 5.20 Å². The van der Waals surface area contributed by atoms with Gasteiger partial charge in [-0.2, -0.15) is 0 Å². The maximum absolute atomic E-state index is 3.94. The first-order chi connectivity index (χ1) is 4.04. The minimum atomic E-state index is 0.687. The maximum atomic E-state index is 3.94. The minimum absolute atomic E-state index is 0.687. The molecule has 54 valence electrons. The molecule has 0 spiro atoms. The molecule has 0 bridgehead atoms. The van der Waals surface area contributed by atoms with Crippen molar-refractivity contribution >= 4 is 10.2 Å². The Morgan fingerprint density at radius 3 is 2.22 bits per heavy atom. The van der Waals surface area contributed by atoms with Crippen LogP contribution in [0.2, 0.25) is 0 Å². The fraction of sp³-hybridized carbons (Fsp3) is 0.714. The van der Waals surface area contributed by atoms with Crippen LogP contribution in [0.3, 0.4) is 0 Å². The van der Waals surface area contributed by atoms with Gasteiger partial charge in [-0.3, -0.25) is 0 Å². The van der Waals surface area contributed by atoms with Crippen LogP contribution in [-0.2, 0) is 0 Å². The molecule has 0 aliphatic heterocycles. The summed E-state index contributed by atoms with van der Waals surface area (Å²) in [6.45, 7) is 7.32. The number of rotatable bonds is 3. The van der Waals surface area contributed by atoms with Gasteiger partial charge in [0.2, 0.25) is 0 Å². The van der Waals surface area contributed by atoms with Gasteiger partial charge in [-0.25, -0.2) is 0 Å². The first-order valence-corrected chi connectivity index (χ1v) is 4.34. The number of hydrogen-bond donors (Lipinski definition) is 0. The molecule has 1 atom stereocenters. The summed E-state index contributed by atoms with van der Waals surface area (Å²) in [6, 6.07) is 0. The second-order valence-electron chi connectivity index (χ2n) is 3.01. The lowest BCUT2D eigenvalue weighted by Gasteiger charge is -2.16. The Bertz CT molecular complexity index is 99.1. The van der Waals surface area contributed by atoms with Crippen LogP contribution in [0, 0.1) is 5.92 Å². The van der Waals surface area contributed by atoms with Gasteiger partial charge in [-0.05, 0) is 20.0 Å². The van der Waals surface area contributed by atoms with Crippen molar-refractivity contribution in [2.45, 2.75) is 6.92 Å². The van der Waals surface area contributed by atoms with Gasteiger partial charge in [0.1, 0.15) is 0 Å². The van der Waals surface area contributed by atoms with Crippen LogP contribution in [0.15, 0.2) is 11.8 Å². The zero-order valence-electron chi connectivity index (χ0n) is 6.94. The van der Waals surface area contributed by atoms with E-state index in [9.17, 15) is 0 Å². The Balaban J connectivity index is 3.50. The zero-order valence-corrected chi connectivity index (χ0v) is 8.94. The van der Waals surface area contributed by atoms with Crippen LogP contribution in [0.4, 0.5) is 0 Å². The average molecular weight is 143 g/mol. The van der Waals surface area contributed by atoms with Crippen molar-refractivity contribution in [2.24, 2.45) is 5.92 Å². The van der Waals surface area contributed by atoms with Gasteiger partial charge in [0.05, 0.1) is 0 Å². The van der Waals surface area contributed by atoms with Gasteiger partial charge in [0.25, 0.3) is 0 Å². The van der Waals surface area contributed by atoms with E-state index in [1.54, 1.807) is 0 Å². The monoisotopic (exact) mass is 143 g/mol. The molecular weight excluding hydrogens is 126 g/mol. The predicted molar refractivity (Wildman–Crippen MR) is 46.8 cm³/mol. The smallest absolute Gasteiger partial charge is 0.0329 e. The van der Waals surface area contributed by atoms with Gasteiger partial charge >= 0.3 is 0 Å². The molecule has 0 saturated heterocycles. The van der Waals surface area contributed by atoms with Crippen molar-refractivity contribution < 1.29 is 0 Å². The van der Waals surface area contributed by atoms with Crippen molar-refractivity contribution in [3.05, 3.63) is 11.8 Å².